The number of halogens is 2. The first-order chi connectivity index (χ1) is 8.01. The highest BCUT2D eigenvalue weighted by atomic mass is 35.5. The lowest BCUT2D eigenvalue weighted by atomic mass is 9.88. The molecule has 0 amide bonds. The van der Waals surface area contributed by atoms with Gasteiger partial charge >= 0.3 is 0 Å². The maximum Gasteiger partial charge on any atom is 0.141 e. The molecule has 0 aromatic heterocycles. The maximum atomic E-state index is 6.12. The SMILES string of the molecule is CC#CC(C)C(C)c1cc(Cl)cc(Cl)c1OC. The average molecular weight is 271 g/mol. The fraction of sp³-hybridized carbons (Fsp3) is 0.429. The highest BCUT2D eigenvalue weighted by molar-refractivity contribution is 6.35. The summed E-state index contributed by atoms with van der Waals surface area (Å²) in [5, 5.41) is 1.16. The number of hydrogen-bond acceptors (Lipinski definition) is 1. The molecular formula is C14H16Cl2O. The Bertz CT molecular complexity index is 457. The molecule has 2 unspecified atom stereocenters. The molecule has 0 saturated heterocycles. The summed E-state index contributed by atoms with van der Waals surface area (Å²) >= 11 is 12.1. The molecular weight excluding hydrogens is 255 g/mol. The standard InChI is InChI=1S/C14H16Cl2O/c1-5-6-9(2)10(3)12-7-11(15)8-13(16)14(12)17-4/h7-10H,1-4H3. The quantitative estimate of drug-likeness (QED) is 0.720. The monoisotopic (exact) mass is 270 g/mol. The Labute approximate surface area is 113 Å². The first kappa shape index (κ1) is 14.2. The molecule has 0 radical (unpaired) electrons. The van der Waals surface area contributed by atoms with E-state index in [1.807, 2.05) is 13.0 Å². The second kappa shape index (κ2) is 6.19. The Morgan fingerprint density at radius 3 is 2.41 bits per heavy atom. The van der Waals surface area contributed by atoms with Gasteiger partial charge in [-0.1, -0.05) is 43.0 Å². The molecule has 1 rings (SSSR count). The smallest absolute Gasteiger partial charge is 0.141 e. The number of rotatable bonds is 3. The Kier molecular flexibility index (Phi) is 5.18. The summed E-state index contributed by atoms with van der Waals surface area (Å²) in [6, 6.07) is 3.58. The van der Waals surface area contributed by atoms with Gasteiger partial charge in [0.25, 0.3) is 0 Å². The fourth-order valence-electron chi connectivity index (χ4n) is 1.76. The molecule has 0 N–H and O–H groups in total. The minimum Gasteiger partial charge on any atom is -0.495 e. The van der Waals surface area contributed by atoms with Gasteiger partial charge < -0.3 is 4.74 Å². The minimum atomic E-state index is 0.216. The molecule has 0 bridgehead atoms. The van der Waals surface area contributed by atoms with Crippen molar-refractivity contribution in [1.29, 1.82) is 0 Å². The summed E-state index contributed by atoms with van der Waals surface area (Å²) in [5.74, 6) is 7.20. The zero-order chi connectivity index (χ0) is 13.0. The number of benzene rings is 1. The van der Waals surface area contributed by atoms with Gasteiger partial charge in [0.15, 0.2) is 0 Å². The third kappa shape index (κ3) is 3.31. The van der Waals surface area contributed by atoms with Crippen molar-refractivity contribution in [2.45, 2.75) is 26.7 Å². The van der Waals surface area contributed by atoms with Crippen molar-refractivity contribution in [3.63, 3.8) is 0 Å². The zero-order valence-corrected chi connectivity index (χ0v) is 12.0. The molecule has 0 aliphatic carbocycles. The third-order valence-corrected chi connectivity index (χ3v) is 3.35. The molecule has 0 fully saturated rings. The summed E-state index contributed by atoms with van der Waals surface area (Å²) < 4.78 is 5.34. The zero-order valence-electron chi connectivity index (χ0n) is 10.5. The minimum absolute atomic E-state index is 0.216. The largest absolute Gasteiger partial charge is 0.495 e. The van der Waals surface area contributed by atoms with Crippen molar-refractivity contribution in [1.82, 2.24) is 0 Å². The molecule has 17 heavy (non-hydrogen) atoms. The highest BCUT2D eigenvalue weighted by Crippen LogP contribution is 2.38. The maximum absolute atomic E-state index is 6.12. The van der Waals surface area contributed by atoms with Crippen molar-refractivity contribution in [2.75, 3.05) is 7.11 Å². The Balaban J connectivity index is 3.23. The van der Waals surface area contributed by atoms with Gasteiger partial charge in [-0.3, -0.25) is 0 Å². The lowest BCUT2D eigenvalue weighted by Gasteiger charge is -2.19. The predicted molar refractivity (Wildman–Crippen MR) is 74.0 cm³/mol. The van der Waals surface area contributed by atoms with E-state index in [4.69, 9.17) is 27.9 Å². The van der Waals surface area contributed by atoms with Crippen LogP contribution in [-0.2, 0) is 0 Å². The van der Waals surface area contributed by atoms with Gasteiger partial charge in [0.2, 0.25) is 0 Å². The molecule has 0 saturated carbocycles. The molecule has 3 heteroatoms. The molecule has 0 aliphatic rings. The van der Waals surface area contributed by atoms with Crippen LogP contribution in [0.15, 0.2) is 12.1 Å². The van der Waals surface area contributed by atoms with E-state index in [1.165, 1.54) is 0 Å². The summed E-state index contributed by atoms with van der Waals surface area (Å²) in [6.45, 7) is 6.01. The summed E-state index contributed by atoms with van der Waals surface area (Å²) in [6.07, 6.45) is 0. The second-order valence-electron chi connectivity index (χ2n) is 3.98. The molecule has 1 aromatic rings. The summed E-state index contributed by atoms with van der Waals surface area (Å²) in [7, 11) is 1.61. The number of methoxy groups -OCH3 is 1. The Morgan fingerprint density at radius 1 is 1.24 bits per heavy atom. The van der Waals surface area contributed by atoms with Gasteiger partial charge in [-0.05, 0) is 25.0 Å². The van der Waals surface area contributed by atoms with Gasteiger partial charge in [-0.25, -0.2) is 0 Å². The topological polar surface area (TPSA) is 9.23 Å². The van der Waals surface area contributed by atoms with Crippen molar-refractivity contribution in [2.24, 2.45) is 5.92 Å². The van der Waals surface area contributed by atoms with Crippen LogP contribution in [0.3, 0.4) is 0 Å². The Hall–Kier alpha value is -0.840. The molecule has 1 aromatic carbocycles. The van der Waals surface area contributed by atoms with Crippen LogP contribution in [0.25, 0.3) is 0 Å². The van der Waals surface area contributed by atoms with E-state index in [0.717, 1.165) is 5.56 Å². The van der Waals surface area contributed by atoms with E-state index in [2.05, 4.69) is 25.7 Å². The van der Waals surface area contributed by atoms with E-state index in [0.29, 0.717) is 15.8 Å². The third-order valence-electron chi connectivity index (χ3n) is 2.85. The summed E-state index contributed by atoms with van der Waals surface area (Å²) in [5.41, 5.74) is 1.00. The molecule has 1 nitrogen and oxygen atoms in total. The van der Waals surface area contributed by atoms with E-state index in [9.17, 15) is 0 Å². The van der Waals surface area contributed by atoms with Gasteiger partial charge in [-0.15, -0.1) is 5.92 Å². The lowest BCUT2D eigenvalue weighted by Crippen LogP contribution is -2.06. The summed E-state index contributed by atoms with van der Waals surface area (Å²) in [4.78, 5) is 0. The van der Waals surface area contributed by atoms with Crippen LogP contribution in [0.2, 0.25) is 10.0 Å². The van der Waals surface area contributed by atoms with Gasteiger partial charge in [-0.2, -0.15) is 0 Å². The van der Waals surface area contributed by atoms with Crippen LogP contribution in [0.5, 0.6) is 5.75 Å². The van der Waals surface area contributed by atoms with Crippen LogP contribution in [0.4, 0.5) is 0 Å². The van der Waals surface area contributed by atoms with Gasteiger partial charge in [0.05, 0.1) is 12.1 Å². The molecule has 92 valence electrons. The van der Waals surface area contributed by atoms with Crippen molar-refractivity contribution >= 4 is 23.2 Å². The Morgan fingerprint density at radius 2 is 1.88 bits per heavy atom. The number of hydrogen-bond donors (Lipinski definition) is 0. The predicted octanol–water partition coefficient (Wildman–Crippen LogP) is 4.76. The van der Waals surface area contributed by atoms with Crippen LogP contribution < -0.4 is 4.74 Å². The van der Waals surface area contributed by atoms with Crippen LogP contribution >= 0.6 is 23.2 Å². The van der Waals surface area contributed by atoms with E-state index >= 15 is 0 Å². The second-order valence-corrected chi connectivity index (χ2v) is 4.83. The van der Waals surface area contributed by atoms with E-state index in [1.54, 1.807) is 13.2 Å². The molecule has 0 aliphatic heterocycles. The number of ether oxygens (including phenoxy) is 1. The highest BCUT2D eigenvalue weighted by Gasteiger charge is 2.19. The van der Waals surface area contributed by atoms with E-state index in [-0.39, 0.29) is 11.8 Å². The van der Waals surface area contributed by atoms with E-state index < -0.39 is 0 Å². The van der Waals surface area contributed by atoms with Crippen LogP contribution in [0, 0.1) is 17.8 Å². The first-order valence-electron chi connectivity index (χ1n) is 5.46. The van der Waals surface area contributed by atoms with Gasteiger partial charge in [0, 0.05) is 16.5 Å². The normalized spacial score (nSPS) is 13.5. The molecule has 0 spiro atoms. The molecule has 0 heterocycles. The van der Waals surface area contributed by atoms with Crippen molar-refractivity contribution in [3.05, 3.63) is 27.7 Å². The van der Waals surface area contributed by atoms with Crippen LogP contribution in [-0.4, -0.2) is 7.11 Å². The average Bonchev–Trinajstić information content (AvgIpc) is 2.27. The van der Waals surface area contributed by atoms with Gasteiger partial charge in [0.1, 0.15) is 5.75 Å². The van der Waals surface area contributed by atoms with Crippen molar-refractivity contribution < 1.29 is 4.74 Å². The van der Waals surface area contributed by atoms with Crippen LogP contribution in [0.1, 0.15) is 32.3 Å². The fourth-order valence-corrected chi connectivity index (χ4v) is 2.34. The van der Waals surface area contributed by atoms with Crippen molar-refractivity contribution in [3.8, 4) is 17.6 Å². The molecule has 2 atom stereocenters. The first-order valence-corrected chi connectivity index (χ1v) is 6.22. The lowest BCUT2D eigenvalue weighted by molar-refractivity contribution is 0.403.